The van der Waals surface area contributed by atoms with Crippen molar-refractivity contribution in [3.8, 4) is 5.75 Å². The lowest BCUT2D eigenvalue weighted by molar-refractivity contribution is 0.403. The Labute approximate surface area is 95.2 Å². The van der Waals surface area contributed by atoms with E-state index in [4.69, 9.17) is 10.5 Å². The molecule has 0 atom stereocenters. The van der Waals surface area contributed by atoms with Crippen LogP contribution >= 0.6 is 11.8 Å². The Kier molecular flexibility index (Phi) is 2.94. The van der Waals surface area contributed by atoms with Crippen LogP contribution in [0.3, 0.4) is 0 Å². The van der Waals surface area contributed by atoms with Gasteiger partial charge in [0.05, 0.1) is 7.11 Å². The molecule has 1 fully saturated rings. The van der Waals surface area contributed by atoms with Crippen molar-refractivity contribution >= 4 is 11.8 Å². The van der Waals surface area contributed by atoms with Crippen LogP contribution in [0.4, 0.5) is 0 Å². The minimum absolute atomic E-state index is 0.211. The average Bonchev–Trinajstić information content (AvgIpc) is 3.09. The molecule has 0 aliphatic heterocycles. The first-order valence-corrected chi connectivity index (χ1v) is 6.41. The Hall–Kier alpha value is -0.670. The van der Waals surface area contributed by atoms with Crippen LogP contribution in [0.15, 0.2) is 23.1 Å². The van der Waals surface area contributed by atoms with E-state index in [9.17, 15) is 0 Å². The van der Waals surface area contributed by atoms with E-state index in [0.29, 0.717) is 0 Å². The van der Waals surface area contributed by atoms with Crippen LogP contribution in [-0.4, -0.2) is 19.9 Å². The van der Waals surface area contributed by atoms with Gasteiger partial charge in [0.15, 0.2) is 0 Å². The Morgan fingerprint density at radius 3 is 2.67 bits per heavy atom. The number of thioether (sulfide) groups is 1. The maximum atomic E-state index is 5.83. The van der Waals surface area contributed by atoms with Gasteiger partial charge in [-0.1, -0.05) is 6.07 Å². The number of benzene rings is 1. The van der Waals surface area contributed by atoms with Crippen molar-refractivity contribution in [2.45, 2.75) is 23.2 Å². The summed E-state index contributed by atoms with van der Waals surface area (Å²) in [7, 11) is 1.73. The van der Waals surface area contributed by atoms with E-state index in [0.717, 1.165) is 12.3 Å². The first-order valence-electron chi connectivity index (χ1n) is 5.18. The summed E-state index contributed by atoms with van der Waals surface area (Å²) in [5.74, 6) is 0.991. The third kappa shape index (κ3) is 1.86. The fraction of sp³-hybridized carbons (Fsp3) is 0.500. The highest BCUT2D eigenvalue weighted by atomic mass is 32.2. The SMILES string of the molecule is COc1cc(SC)ccc1C1(CN)CC1. The van der Waals surface area contributed by atoms with Crippen LogP contribution < -0.4 is 10.5 Å². The molecule has 2 N–H and O–H groups in total. The summed E-state index contributed by atoms with van der Waals surface area (Å²) in [5, 5.41) is 0. The molecule has 1 aliphatic rings. The van der Waals surface area contributed by atoms with Crippen molar-refractivity contribution < 1.29 is 4.74 Å². The molecule has 1 saturated carbocycles. The zero-order valence-corrected chi connectivity index (χ0v) is 10.1. The van der Waals surface area contributed by atoms with E-state index in [2.05, 4.69) is 24.5 Å². The zero-order chi connectivity index (χ0) is 10.9. The number of hydrogen-bond acceptors (Lipinski definition) is 3. The van der Waals surface area contributed by atoms with Crippen molar-refractivity contribution in [3.63, 3.8) is 0 Å². The maximum Gasteiger partial charge on any atom is 0.123 e. The summed E-state index contributed by atoms with van der Waals surface area (Å²) in [4.78, 5) is 1.24. The number of nitrogens with two attached hydrogens (primary N) is 1. The van der Waals surface area contributed by atoms with Gasteiger partial charge in [-0.25, -0.2) is 0 Å². The van der Waals surface area contributed by atoms with Gasteiger partial charge in [-0.3, -0.25) is 0 Å². The van der Waals surface area contributed by atoms with Gasteiger partial charge in [0.25, 0.3) is 0 Å². The van der Waals surface area contributed by atoms with Gasteiger partial charge in [-0.15, -0.1) is 11.8 Å². The largest absolute Gasteiger partial charge is 0.496 e. The first kappa shape index (κ1) is 10.8. The topological polar surface area (TPSA) is 35.2 Å². The predicted molar refractivity (Wildman–Crippen MR) is 64.7 cm³/mol. The summed E-state index contributed by atoms with van der Waals surface area (Å²) >= 11 is 1.73. The third-order valence-corrected chi connectivity index (χ3v) is 3.95. The molecule has 0 aromatic heterocycles. The average molecular weight is 223 g/mol. The third-order valence-electron chi connectivity index (χ3n) is 3.22. The van der Waals surface area contributed by atoms with Gasteiger partial charge in [0, 0.05) is 22.4 Å². The fourth-order valence-corrected chi connectivity index (χ4v) is 2.40. The molecule has 1 aromatic rings. The highest BCUT2D eigenvalue weighted by Crippen LogP contribution is 2.50. The number of hydrogen-bond donors (Lipinski definition) is 1. The Morgan fingerprint density at radius 1 is 1.47 bits per heavy atom. The summed E-state index contributed by atoms with van der Waals surface area (Å²) in [6, 6.07) is 6.43. The standard InChI is InChI=1S/C12H17NOS/c1-14-11-7-9(15-2)3-4-10(11)12(8-13)5-6-12/h3-4,7H,5-6,8,13H2,1-2H3. The predicted octanol–water partition coefficient (Wildman–Crippen LogP) is 2.41. The van der Waals surface area contributed by atoms with Crippen molar-refractivity contribution in [3.05, 3.63) is 23.8 Å². The Bertz CT molecular complexity index is 361. The quantitative estimate of drug-likeness (QED) is 0.796. The molecule has 0 heterocycles. The second-order valence-electron chi connectivity index (χ2n) is 4.05. The molecule has 0 radical (unpaired) electrons. The highest BCUT2D eigenvalue weighted by Gasteiger charge is 2.44. The second-order valence-corrected chi connectivity index (χ2v) is 4.93. The summed E-state index contributed by atoms with van der Waals surface area (Å²) in [6.07, 6.45) is 4.46. The smallest absolute Gasteiger partial charge is 0.123 e. The molecule has 1 aliphatic carbocycles. The van der Waals surface area contributed by atoms with E-state index >= 15 is 0 Å². The van der Waals surface area contributed by atoms with Gasteiger partial charge < -0.3 is 10.5 Å². The maximum absolute atomic E-state index is 5.83. The van der Waals surface area contributed by atoms with Crippen LogP contribution in [0.1, 0.15) is 18.4 Å². The lowest BCUT2D eigenvalue weighted by atomic mass is 9.95. The minimum atomic E-state index is 0.211. The van der Waals surface area contributed by atoms with Gasteiger partial charge >= 0.3 is 0 Å². The number of rotatable bonds is 4. The van der Waals surface area contributed by atoms with Crippen molar-refractivity contribution in [2.24, 2.45) is 5.73 Å². The van der Waals surface area contributed by atoms with Crippen LogP contribution in [0, 0.1) is 0 Å². The second kappa shape index (κ2) is 4.06. The van der Waals surface area contributed by atoms with Gasteiger partial charge in [-0.05, 0) is 31.2 Å². The molecule has 0 spiro atoms. The molecule has 82 valence electrons. The normalized spacial score (nSPS) is 17.5. The van der Waals surface area contributed by atoms with E-state index in [1.165, 1.54) is 23.3 Å². The van der Waals surface area contributed by atoms with Crippen LogP contribution in [-0.2, 0) is 5.41 Å². The Morgan fingerprint density at radius 2 is 2.20 bits per heavy atom. The van der Waals surface area contributed by atoms with Crippen LogP contribution in [0.25, 0.3) is 0 Å². The van der Waals surface area contributed by atoms with Crippen molar-refractivity contribution in [1.82, 2.24) is 0 Å². The molecule has 15 heavy (non-hydrogen) atoms. The first-order chi connectivity index (χ1) is 7.25. The van der Waals surface area contributed by atoms with E-state index in [1.54, 1.807) is 18.9 Å². The van der Waals surface area contributed by atoms with Gasteiger partial charge in [0.1, 0.15) is 5.75 Å². The Balaban J connectivity index is 2.39. The van der Waals surface area contributed by atoms with E-state index in [1.807, 2.05) is 0 Å². The number of methoxy groups -OCH3 is 1. The minimum Gasteiger partial charge on any atom is -0.496 e. The molecular formula is C12H17NOS. The summed E-state index contributed by atoms with van der Waals surface area (Å²) < 4.78 is 5.45. The van der Waals surface area contributed by atoms with Crippen LogP contribution in [0.5, 0.6) is 5.75 Å². The zero-order valence-electron chi connectivity index (χ0n) is 9.25. The number of ether oxygens (including phenoxy) is 1. The fourth-order valence-electron chi connectivity index (χ4n) is 1.97. The van der Waals surface area contributed by atoms with Gasteiger partial charge in [-0.2, -0.15) is 0 Å². The molecule has 0 saturated heterocycles. The molecule has 3 heteroatoms. The van der Waals surface area contributed by atoms with Crippen molar-refractivity contribution in [2.75, 3.05) is 19.9 Å². The molecule has 0 bridgehead atoms. The van der Waals surface area contributed by atoms with Crippen LogP contribution in [0.2, 0.25) is 0 Å². The molecular weight excluding hydrogens is 206 g/mol. The monoisotopic (exact) mass is 223 g/mol. The lowest BCUT2D eigenvalue weighted by Gasteiger charge is -2.17. The van der Waals surface area contributed by atoms with E-state index in [-0.39, 0.29) is 5.41 Å². The lowest BCUT2D eigenvalue weighted by Crippen LogP contribution is -2.20. The molecule has 0 amide bonds. The molecule has 2 nitrogen and oxygen atoms in total. The van der Waals surface area contributed by atoms with Crippen molar-refractivity contribution in [1.29, 1.82) is 0 Å². The molecule has 1 aromatic carbocycles. The summed E-state index contributed by atoms with van der Waals surface area (Å²) in [6.45, 7) is 0.724. The summed E-state index contributed by atoms with van der Waals surface area (Å²) in [5.41, 5.74) is 7.33. The molecule has 0 unspecified atom stereocenters. The molecule has 2 rings (SSSR count). The van der Waals surface area contributed by atoms with E-state index < -0.39 is 0 Å². The van der Waals surface area contributed by atoms with Gasteiger partial charge in [0.2, 0.25) is 0 Å². The highest BCUT2D eigenvalue weighted by molar-refractivity contribution is 7.98.